The molecule has 0 radical (unpaired) electrons. The first-order chi connectivity index (χ1) is 6.27. The van der Waals surface area contributed by atoms with Gasteiger partial charge in [0.2, 0.25) is 5.56 Å². The number of H-pyrrole nitrogens is 1. The Kier molecular flexibility index (Phi) is 2.16. The van der Waals surface area contributed by atoms with Gasteiger partial charge < -0.3 is 15.5 Å². The normalized spacial score (nSPS) is 27.8. The third-order valence-electron chi connectivity index (χ3n) is 2.27. The molecule has 0 spiro atoms. The van der Waals surface area contributed by atoms with E-state index in [0.717, 1.165) is 12.0 Å². The average Bonchev–Trinajstić information content (AvgIpc) is 2.53. The topological polar surface area (TPSA) is 68.1 Å². The number of pyridine rings is 1. The summed E-state index contributed by atoms with van der Waals surface area (Å²) in [7, 11) is 0. The Bertz CT molecular complexity index is 327. The van der Waals surface area contributed by atoms with Gasteiger partial charge in [0.25, 0.3) is 0 Å². The second kappa shape index (κ2) is 3.32. The van der Waals surface area contributed by atoms with Crippen molar-refractivity contribution < 1.29 is 4.74 Å². The minimum absolute atomic E-state index is 0.0471. The van der Waals surface area contributed by atoms with E-state index in [2.05, 4.69) is 4.98 Å². The summed E-state index contributed by atoms with van der Waals surface area (Å²) in [6.07, 6.45) is 2.49. The van der Waals surface area contributed by atoms with E-state index in [0.29, 0.717) is 6.61 Å². The molecule has 0 amide bonds. The third kappa shape index (κ3) is 1.64. The van der Waals surface area contributed by atoms with Crippen LogP contribution in [0.3, 0.4) is 0 Å². The van der Waals surface area contributed by atoms with E-state index >= 15 is 0 Å². The molecule has 1 saturated heterocycles. The van der Waals surface area contributed by atoms with E-state index in [9.17, 15) is 4.79 Å². The minimum atomic E-state index is -0.102. The van der Waals surface area contributed by atoms with Crippen molar-refractivity contribution in [1.29, 1.82) is 0 Å². The van der Waals surface area contributed by atoms with Gasteiger partial charge in [0, 0.05) is 24.9 Å². The van der Waals surface area contributed by atoms with Crippen molar-refractivity contribution >= 4 is 0 Å². The van der Waals surface area contributed by atoms with E-state index < -0.39 is 0 Å². The molecule has 1 fully saturated rings. The molecule has 4 nitrogen and oxygen atoms in total. The number of aromatic amines is 1. The quantitative estimate of drug-likeness (QED) is 0.647. The number of rotatable bonds is 1. The highest BCUT2D eigenvalue weighted by molar-refractivity contribution is 5.15. The molecule has 2 heterocycles. The molecule has 0 unspecified atom stereocenters. The Morgan fingerprint density at radius 3 is 2.92 bits per heavy atom. The summed E-state index contributed by atoms with van der Waals surface area (Å²) >= 11 is 0. The van der Waals surface area contributed by atoms with E-state index in [1.54, 1.807) is 12.3 Å². The van der Waals surface area contributed by atoms with Crippen molar-refractivity contribution in [2.45, 2.75) is 18.6 Å². The van der Waals surface area contributed by atoms with Gasteiger partial charge in [-0.25, -0.2) is 0 Å². The zero-order valence-corrected chi connectivity index (χ0v) is 7.19. The Morgan fingerprint density at radius 2 is 2.38 bits per heavy atom. The molecule has 0 saturated carbocycles. The Labute approximate surface area is 75.7 Å². The van der Waals surface area contributed by atoms with Crippen molar-refractivity contribution in [3.8, 4) is 0 Å². The molecular weight excluding hydrogens is 168 g/mol. The van der Waals surface area contributed by atoms with Crippen LogP contribution in [0.5, 0.6) is 0 Å². The summed E-state index contributed by atoms with van der Waals surface area (Å²) in [6.45, 7) is 0.699. The highest BCUT2D eigenvalue weighted by atomic mass is 16.5. The van der Waals surface area contributed by atoms with Crippen LogP contribution in [0.2, 0.25) is 0 Å². The maximum atomic E-state index is 10.8. The lowest BCUT2D eigenvalue weighted by Gasteiger charge is -2.13. The maximum absolute atomic E-state index is 10.8. The lowest BCUT2D eigenvalue weighted by Crippen LogP contribution is -2.24. The molecule has 1 aliphatic rings. The monoisotopic (exact) mass is 180 g/mol. The highest BCUT2D eigenvalue weighted by Gasteiger charge is 2.26. The first-order valence-corrected chi connectivity index (χ1v) is 4.33. The number of nitrogens with one attached hydrogen (secondary N) is 1. The second-order valence-electron chi connectivity index (χ2n) is 3.23. The molecule has 70 valence electrons. The van der Waals surface area contributed by atoms with Crippen LogP contribution in [0.25, 0.3) is 0 Å². The molecule has 0 aliphatic carbocycles. The van der Waals surface area contributed by atoms with Crippen LogP contribution in [0.4, 0.5) is 0 Å². The van der Waals surface area contributed by atoms with Gasteiger partial charge >= 0.3 is 0 Å². The van der Waals surface area contributed by atoms with E-state index in [-0.39, 0.29) is 17.7 Å². The lowest BCUT2D eigenvalue weighted by atomic mass is 10.1. The van der Waals surface area contributed by atoms with Gasteiger partial charge in [-0.3, -0.25) is 4.79 Å². The van der Waals surface area contributed by atoms with Crippen molar-refractivity contribution in [2.24, 2.45) is 5.73 Å². The standard InChI is InChI=1S/C9H12N2O2/c10-7-3-4-13-9(7)6-1-2-8(12)11-5-6/h1-2,5,7,9H,3-4,10H2,(H,11,12)/t7-,9+/m0/s1. The van der Waals surface area contributed by atoms with E-state index in [1.807, 2.05) is 0 Å². The van der Waals surface area contributed by atoms with Crippen molar-refractivity contribution in [2.75, 3.05) is 6.61 Å². The van der Waals surface area contributed by atoms with Crippen LogP contribution in [-0.4, -0.2) is 17.6 Å². The molecule has 2 rings (SSSR count). The molecule has 0 bridgehead atoms. The zero-order chi connectivity index (χ0) is 9.26. The molecule has 2 atom stereocenters. The molecular formula is C9H12N2O2. The van der Waals surface area contributed by atoms with Gasteiger partial charge in [0.05, 0.1) is 6.10 Å². The van der Waals surface area contributed by atoms with Crippen LogP contribution in [0.1, 0.15) is 18.1 Å². The summed E-state index contributed by atoms with van der Waals surface area (Å²) in [6, 6.07) is 3.30. The van der Waals surface area contributed by atoms with Crippen molar-refractivity contribution in [3.63, 3.8) is 0 Å². The fourth-order valence-corrected chi connectivity index (χ4v) is 1.55. The zero-order valence-electron chi connectivity index (χ0n) is 7.19. The van der Waals surface area contributed by atoms with Crippen LogP contribution in [0.15, 0.2) is 23.1 Å². The van der Waals surface area contributed by atoms with E-state index in [4.69, 9.17) is 10.5 Å². The number of aromatic nitrogens is 1. The molecule has 1 aromatic rings. The predicted molar refractivity (Wildman–Crippen MR) is 48.3 cm³/mol. The summed E-state index contributed by atoms with van der Waals surface area (Å²) in [4.78, 5) is 13.4. The first-order valence-electron chi connectivity index (χ1n) is 4.33. The maximum Gasteiger partial charge on any atom is 0.247 e. The van der Waals surface area contributed by atoms with Gasteiger partial charge in [0.15, 0.2) is 0 Å². The molecule has 3 N–H and O–H groups in total. The summed E-state index contributed by atoms with van der Waals surface area (Å²) in [5, 5.41) is 0. The lowest BCUT2D eigenvalue weighted by molar-refractivity contribution is 0.105. The Balaban J connectivity index is 2.25. The SMILES string of the molecule is N[C@H]1CCO[C@@H]1c1ccc(=O)[nH]c1. The van der Waals surface area contributed by atoms with Gasteiger partial charge in [-0.15, -0.1) is 0 Å². The fraction of sp³-hybridized carbons (Fsp3) is 0.444. The Hall–Kier alpha value is -1.13. The van der Waals surface area contributed by atoms with Gasteiger partial charge in [0.1, 0.15) is 0 Å². The number of nitrogens with two attached hydrogens (primary N) is 1. The summed E-state index contributed by atoms with van der Waals surface area (Å²) in [5.41, 5.74) is 6.68. The van der Waals surface area contributed by atoms with Crippen LogP contribution < -0.4 is 11.3 Å². The van der Waals surface area contributed by atoms with Crippen molar-refractivity contribution in [1.82, 2.24) is 4.98 Å². The van der Waals surface area contributed by atoms with Crippen LogP contribution >= 0.6 is 0 Å². The van der Waals surface area contributed by atoms with E-state index in [1.165, 1.54) is 6.07 Å². The minimum Gasteiger partial charge on any atom is -0.372 e. The third-order valence-corrected chi connectivity index (χ3v) is 2.27. The predicted octanol–water partition coefficient (Wildman–Crippen LogP) is 0.164. The molecule has 1 aliphatic heterocycles. The fourth-order valence-electron chi connectivity index (χ4n) is 1.55. The molecule has 0 aromatic carbocycles. The summed E-state index contributed by atoms with van der Waals surface area (Å²) in [5.74, 6) is 0. The molecule has 13 heavy (non-hydrogen) atoms. The molecule has 4 heteroatoms. The molecule has 1 aromatic heterocycles. The van der Waals surface area contributed by atoms with Gasteiger partial charge in [-0.05, 0) is 18.1 Å². The average molecular weight is 180 g/mol. The second-order valence-corrected chi connectivity index (χ2v) is 3.23. The largest absolute Gasteiger partial charge is 0.372 e. The Morgan fingerprint density at radius 1 is 1.54 bits per heavy atom. The highest BCUT2D eigenvalue weighted by Crippen LogP contribution is 2.26. The number of hydrogen-bond donors (Lipinski definition) is 2. The smallest absolute Gasteiger partial charge is 0.247 e. The van der Waals surface area contributed by atoms with Crippen LogP contribution in [0, 0.1) is 0 Å². The summed E-state index contributed by atoms with van der Waals surface area (Å²) < 4.78 is 5.44. The van der Waals surface area contributed by atoms with Crippen LogP contribution in [-0.2, 0) is 4.74 Å². The number of ether oxygens (including phenoxy) is 1. The first kappa shape index (κ1) is 8.47. The van der Waals surface area contributed by atoms with Gasteiger partial charge in [-0.1, -0.05) is 0 Å². The van der Waals surface area contributed by atoms with Gasteiger partial charge in [-0.2, -0.15) is 0 Å². The van der Waals surface area contributed by atoms with Crippen molar-refractivity contribution in [3.05, 3.63) is 34.2 Å². The number of hydrogen-bond acceptors (Lipinski definition) is 3.